The molecule has 0 fully saturated rings. The third kappa shape index (κ3) is 4.21. The highest BCUT2D eigenvalue weighted by Gasteiger charge is 2.35. The van der Waals surface area contributed by atoms with Gasteiger partial charge in [0.25, 0.3) is 5.09 Å². The molecule has 11 heteroatoms. The number of rotatable bonds is 7. The van der Waals surface area contributed by atoms with Crippen molar-refractivity contribution in [2.24, 2.45) is 0 Å². The van der Waals surface area contributed by atoms with Crippen LogP contribution in [-0.2, 0) is 24.4 Å². The van der Waals surface area contributed by atoms with E-state index in [1.807, 2.05) is 0 Å². The van der Waals surface area contributed by atoms with E-state index >= 15 is 0 Å². The van der Waals surface area contributed by atoms with Crippen molar-refractivity contribution in [1.82, 2.24) is 4.98 Å². The molecule has 0 saturated heterocycles. The maximum atomic E-state index is 13.6. The Morgan fingerprint density at radius 1 is 1.00 bits per heavy atom. The second-order valence-corrected chi connectivity index (χ2v) is 9.74. The standard InChI is InChI=1S/C18H15F2NO6S2/c1-26-9-10-28(22,23)18-17(21-16(27-18)12-5-3-2-4-6-12)29(24,25)13-7-8-14(19)15(20)11-13/h2-8,11H,9-10H2,1H3. The van der Waals surface area contributed by atoms with E-state index < -0.39 is 52.1 Å². The summed E-state index contributed by atoms with van der Waals surface area (Å²) in [7, 11) is -7.60. The van der Waals surface area contributed by atoms with Crippen molar-refractivity contribution in [3.05, 3.63) is 60.2 Å². The van der Waals surface area contributed by atoms with Gasteiger partial charge in [-0.1, -0.05) is 18.2 Å². The van der Waals surface area contributed by atoms with Crippen LogP contribution in [0.1, 0.15) is 0 Å². The summed E-state index contributed by atoms with van der Waals surface area (Å²) in [6, 6.07) is 9.94. The van der Waals surface area contributed by atoms with E-state index in [1.165, 1.54) is 7.11 Å². The fraction of sp³-hybridized carbons (Fsp3) is 0.167. The summed E-state index contributed by atoms with van der Waals surface area (Å²) in [6.07, 6.45) is 0. The van der Waals surface area contributed by atoms with Gasteiger partial charge in [0, 0.05) is 12.7 Å². The van der Waals surface area contributed by atoms with Gasteiger partial charge in [-0.15, -0.1) is 0 Å². The highest BCUT2D eigenvalue weighted by molar-refractivity contribution is 7.94. The number of ether oxygens (including phenoxy) is 1. The quantitative estimate of drug-likeness (QED) is 0.517. The maximum absolute atomic E-state index is 13.6. The third-order valence-corrected chi connectivity index (χ3v) is 7.22. The SMILES string of the molecule is COCCS(=O)(=O)c1oc(-c2ccccc2)nc1S(=O)(=O)c1ccc(F)c(F)c1. The monoisotopic (exact) mass is 443 g/mol. The molecule has 7 nitrogen and oxygen atoms in total. The van der Waals surface area contributed by atoms with Crippen LogP contribution in [0.2, 0.25) is 0 Å². The van der Waals surface area contributed by atoms with Crippen molar-refractivity contribution in [2.45, 2.75) is 15.0 Å². The van der Waals surface area contributed by atoms with Crippen molar-refractivity contribution in [2.75, 3.05) is 19.5 Å². The molecule has 0 aliphatic heterocycles. The Balaban J connectivity index is 2.23. The number of benzene rings is 2. The average molecular weight is 443 g/mol. The second kappa shape index (κ2) is 8.01. The first-order chi connectivity index (χ1) is 13.7. The molecule has 0 bridgehead atoms. The van der Waals surface area contributed by atoms with Gasteiger partial charge >= 0.3 is 0 Å². The van der Waals surface area contributed by atoms with Crippen LogP contribution in [0.5, 0.6) is 0 Å². The number of hydrogen-bond acceptors (Lipinski definition) is 7. The minimum atomic E-state index is -4.64. The van der Waals surface area contributed by atoms with Gasteiger partial charge in [-0.3, -0.25) is 0 Å². The summed E-state index contributed by atoms with van der Waals surface area (Å²) in [5.41, 5.74) is 0.336. The topological polar surface area (TPSA) is 104 Å². The van der Waals surface area contributed by atoms with E-state index in [0.717, 1.165) is 6.07 Å². The van der Waals surface area contributed by atoms with Crippen molar-refractivity contribution < 1.29 is 34.8 Å². The Morgan fingerprint density at radius 3 is 2.31 bits per heavy atom. The normalized spacial score (nSPS) is 12.2. The summed E-state index contributed by atoms with van der Waals surface area (Å²) >= 11 is 0. The number of nitrogens with zero attached hydrogens (tertiary/aromatic N) is 1. The molecular formula is C18H15F2NO6S2. The van der Waals surface area contributed by atoms with Crippen LogP contribution in [-0.4, -0.2) is 41.3 Å². The van der Waals surface area contributed by atoms with Crippen LogP contribution >= 0.6 is 0 Å². The molecule has 0 aliphatic carbocycles. The molecule has 3 rings (SSSR count). The molecule has 0 unspecified atom stereocenters. The second-order valence-electron chi connectivity index (χ2n) is 5.87. The number of hydrogen-bond donors (Lipinski definition) is 0. The summed E-state index contributed by atoms with van der Waals surface area (Å²) in [6.45, 7) is -0.214. The minimum Gasteiger partial charge on any atom is -0.423 e. The van der Waals surface area contributed by atoms with Crippen molar-refractivity contribution in [3.8, 4) is 11.5 Å². The van der Waals surface area contributed by atoms with Crippen LogP contribution in [0, 0.1) is 11.6 Å². The molecule has 0 amide bonds. The Kier molecular flexibility index (Phi) is 5.82. The number of sulfone groups is 2. The molecule has 2 aromatic carbocycles. The van der Waals surface area contributed by atoms with Gasteiger partial charge in [0.15, 0.2) is 11.6 Å². The van der Waals surface area contributed by atoms with Crippen molar-refractivity contribution >= 4 is 19.7 Å². The summed E-state index contributed by atoms with van der Waals surface area (Å²) in [4.78, 5) is 3.20. The smallest absolute Gasteiger partial charge is 0.258 e. The van der Waals surface area contributed by atoms with Crippen LogP contribution in [0.25, 0.3) is 11.5 Å². The average Bonchev–Trinajstić information content (AvgIpc) is 3.16. The van der Waals surface area contributed by atoms with Gasteiger partial charge in [0.1, 0.15) is 0 Å². The highest BCUT2D eigenvalue weighted by atomic mass is 32.2. The van der Waals surface area contributed by atoms with E-state index in [4.69, 9.17) is 9.15 Å². The molecule has 3 aromatic rings. The molecular weight excluding hydrogens is 428 g/mol. The summed E-state index contributed by atoms with van der Waals surface area (Å²) in [5, 5.41) is -1.79. The lowest BCUT2D eigenvalue weighted by Crippen LogP contribution is -2.15. The molecule has 0 saturated carbocycles. The number of halogens is 2. The van der Waals surface area contributed by atoms with Crippen LogP contribution in [0.4, 0.5) is 8.78 Å². The fourth-order valence-electron chi connectivity index (χ4n) is 2.40. The molecule has 0 radical (unpaired) electrons. The Bertz CT molecular complexity index is 1240. The number of oxazole rings is 1. The molecule has 154 valence electrons. The van der Waals surface area contributed by atoms with Crippen molar-refractivity contribution in [1.29, 1.82) is 0 Å². The molecule has 1 heterocycles. The Morgan fingerprint density at radius 2 is 1.69 bits per heavy atom. The predicted octanol–water partition coefficient (Wildman–Crippen LogP) is 2.87. The van der Waals surface area contributed by atoms with Gasteiger partial charge in [-0.05, 0) is 30.3 Å². The number of methoxy groups -OCH3 is 1. The number of aromatic nitrogens is 1. The Hall–Kier alpha value is -2.63. The molecule has 0 atom stereocenters. The van der Waals surface area contributed by atoms with Gasteiger partial charge in [0.2, 0.25) is 30.6 Å². The molecule has 0 aliphatic rings. The zero-order chi connectivity index (χ0) is 21.2. The zero-order valence-electron chi connectivity index (χ0n) is 15.0. The van der Waals surface area contributed by atoms with Gasteiger partial charge in [-0.2, -0.15) is 4.98 Å². The fourth-order valence-corrected chi connectivity index (χ4v) is 5.40. The first kappa shape index (κ1) is 21.1. The first-order valence-corrected chi connectivity index (χ1v) is 11.3. The molecule has 0 spiro atoms. The largest absolute Gasteiger partial charge is 0.423 e. The Labute approximate surface area is 165 Å². The van der Waals surface area contributed by atoms with E-state index in [2.05, 4.69) is 4.98 Å². The highest BCUT2D eigenvalue weighted by Crippen LogP contribution is 2.32. The van der Waals surface area contributed by atoms with Crippen LogP contribution in [0.15, 0.2) is 68.0 Å². The van der Waals surface area contributed by atoms with Gasteiger partial charge in [0.05, 0.1) is 17.3 Å². The van der Waals surface area contributed by atoms with E-state index in [9.17, 15) is 25.6 Å². The zero-order valence-corrected chi connectivity index (χ0v) is 16.6. The lowest BCUT2D eigenvalue weighted by Gasteiger charge is -2.05. The summed E-state index contributed by atoms with van der Waals surface area (Å²) < 4.78 is 88.1. The molecule has 29 heavy (non-hydrogen) atoms. The maximum Gasteiger partial charge on any atom is 0.258 e. The molecule has 0 N–H and O–H groups in total. The lowest BCUT2D eigenvalue weighted by atomic mass is 10.2. The van der Waals surface area contributed by atoms with E-state index in [1.54, 1.807) is 30.3 Å². The van der Waals surface area contributed by atoms with Crippen molar-refractivity contribution in [3.63, 3.8) is 0 Å². The van der Waals surface area contributed by atoms with Crippen LogP contribution < -0.4 is 0 Å². The predicted molar refractivity (Wildman–Crippen MR) is 97.7 cm³/mol. The van der Waals surface area contributed by atoms with E-state index in [0.29, 0.717) is 17.7 Å². The van der Waals surface area contributed by atoms with E-state index in [-0.39, 0.29) is 12.5 Å². The minimum absolute atomic E-state index is 0.214. The van der Waals surface area contributed by atoms with Gasteiger partial charge in [-0.25, -0.2) is 25.6 Å². The molecule has 1 aromatic heterocycles. The van der Waals surface area contributed by atoms with Gasteiger partial charge < -0.3 is 9.15 Å². The third-order valence-electron chi connectivity index (χ3n) is 3.88. The first-order valence-electron chi connectivity index (χ1n) is 8.15. The lowest BCUT2D eigenvalue weighted by molar-refractivity contribution is 0.216. The summed E-state index contributed by atoms with van der Waals surface area (Å²) in [5.74, 6) is -3.46. The van der Waals surface area contributed by atoms with Crippen LogP contribution in [0.3, 0.4) is 0 Å².